The number of likely N-dealkylation sites (tertiary alicyclic amines) is 1. The lowest BCUT2D eigenvalue weighted by Crippen LogP contribution is -2.35. The van der Waals surface area contributed by atoms with Crippen molar-refractivity contribution >= 4 is 5.91 Å². The molecule has 1 aliphatic heterocycles. The minimum atomic E-state index is -0.227. The van der Waals surface area contributed by atoms with Crippen molar-refractivity contribution in [1.82, 2.24) is 25.2 Å². The number of aryl methyl sites for hydroxylation is 3. The normalized spacial score (nSPS) is 15.1. The Hall–Kier alpha value is -3.03. The van der Waals surface area contributed by atoms with E-state index in [1.165, 1.54) is 15.9 Å². The van der Waals surface area contributed by atoms with E-state index < -0.39 is 0 Å². The molecule has 0 aliphatic carbocycles. The molecule has 1 fully saturated rings. The van der Waals surface area contributed by atoms with Crippen molar-refractivity contribution in [1.29, 1.82) is 0 Å². The Balaban J connectivity index is 1.35. The van der Waals surface area contributed by atoms with E-state index in [0.29, 0.717) is 17.9 Å². The van der Waals surface area contributed by atoms with Crippen LogP contribution in [-0.4, -0.2) is 50.1 Å². The summed E-state index contributed by atoms with van der Waals surface area (Å²) < 4.78 is 0. The quantitative estimate of drug-likeness (QED) is 0.624. The number of benzene rings is 2. The lowest BCUT2D eigenvalue weighted by Gasteiger charge is -2.29. The second kappa shape index (κ2) is 9.63. The van der Waals surface area contributed by atoms with Crippen molar-refractivity contribution in [3.8, 4) is 5.69 Å². The fraction of sp³-hybridized carbons (Fsp3) is 0.400. The minimum absolute atomic E-state index is 0.150. The van der Waals surface area contributed by atoms with E-state index >= 15 is 0 Å². The first-order chi connectivity index (χ1) is 15.4. The fourth-order valence-corrected chi connectivity index (χ4v) is 4.09. The molecule has 1 aromatic heterocycles. The summed E-state index contributed by atoms with van der Waals surface area (Å²) in [5.74, 6) is -0.227. The molecule has 2 aromatic carbocycles. The summed E-state index contributed by atoms with van der Waals surface area (Å²) in [4.78, 5) is 16.6. The summed E-state index contributed by atoms with van der Waals surface area (Å²) in [6.07, 6.45) is 1.54. The molecule has 7 heteroatoms. The van der Waals surface area contributed by atoms with Crippen LogP contribution in [0.3, 0.4) is 0 Å². The Kier molecular flexibility index (Phi) is 6.67. The Morgan fingerprint density at radius 1 is 1.03 bits per heavy atom. The second-order valence-corrected chi connectivity index (χ2v) is 8.72. The monoisotopic (exact) mass is 433 g/mol. The van der Waals surface area contributed by atoms with Gasteiger partial charge >= 0.3 is 0 Å². The predicted molar refractivity (Wildman–Crippen MR) is 124 cm³/mol. The van der Waals surface area contributed by atoms with Gasteiger partial charge in [0.05, 0.1) is 17.5 Å². The van der Waals surface area contributed by atoms with Crippen LogP contribution >= 0.6 is 0 Å². The Morgan fingerprint density at radius 3 is 2.41 bits per heavy atom. The van der Waals surface area contributed by atoms with Gasteiger partial charge < -0.3 is 10.4 Å². The number of hydrogen-bond acceptors (Lipinski definition) is 5. The molecule has 0 radical (unpaired) electrons. The molecular formula is C25H31N5O2. The molecule has 168 valence electrons. The zero-order chi connectivity index (χ0) is 22.7. The van der Waals surface area contributed by atoms with Gasteiger partial charge in [-0.25, -0.2) is 0 Å². The predicted octanol–water partition coefficient (Wildman–Crippen LogP) is 3.08. The van der Waals surface area contributed by atoms with Crippen LogP contribution in [0.4, 0.5) is 0 Å². The van der Waals surface area contributed by atoms with E-state index in [-0.39, 0.29) is 12.0 Å². The van der Waals surface area contributed by atoms with Gasteiger partial charge in [0.15, 0.2) is 5.69 Å². The minimum Gasteiger partial charge on any atom is -0.393 e. The van der Waals surface area contributed by atoms with Crippen LogP contribution in [0.2, 0.25) is 0 Å². The molecule has 1 saturated heterocycles. The van der Waals surface area contributed by atoms with Crippen molar-refractivity contribution < 1.29 is 9.90 Å². The van der Waals surface area contributed by atoms with Gasteiger partial charge in [-0.15, -0.1) is 5.10 Å². The van der Waals surface area contributed by atoms with E-state index in [4.69, 9.17) is 0 Å². The third-order valence-corrected chi connectivity index (χ3v) is 6.00. The number of carbonyl (C=O) groups is 1. The van der Waals surface area contributed by atoms with Gasteiger partial charge in [0, 0.05) is 26.2 Å². The van der Waals surface area contributed by atoms with Gasteiger partial charge in [-0.1, -0.05) is 42.0 Å². The third-order valence-electron chi connectivity index (χ3n) is 6.00. The van der Waals surface area contributed by atoms with Crippen molar-refractivity contribution in [2.24, 2.45) is 0 Å². The molecule has 2 N–H and O–H groups in total. The molecule has 0 bridgehead atoms. The second-order valence-electron chi connectivity index (χ2n) is 8.72. The number of carbonyl (C=O) groups excluding carboxylic acids is 1. The topological polar surface area (TPSA) is 83.3 Å². The average molecular weight is 434 g/mol. The molecule has 1 amide bonds. The van der Waals surface area contributed by atoms with Gasteiger partial charge in [-0.05, 0) is 56.4 Å². The highest BCUT2D eigenvalue weighted by atomic mass is 16.3. The first kappa shape index (κ1) is 22.2. The largest absolute Gasteiger partial charge is 0.393 e. The summed E-state index contributed by atoms with van der Waals surface area (Å²) in [7, 11) is 0. The number of amides is 1. The van der Waals surface area contributed by atoms with Gasteiger partial charge in [0.2, 0.25) is 0 Å². The fourth-order valence-electron chi connectivity index (χ4n) is 4.09. The van der Waals surface area contributed by atoms with Crippen LogP contribution in [0.5, 0.6) is 0 Å². The number of piperidine rings is 1. The molecule has 7 nitrogen and oxygen atoms in total. The number of aliphatic hydroxyl groups is 1. The van der Waals surface area contributed by atoms with Crippen LogP contribution in [0.25, 0.3) is 5.69 Å². The molecule has 0 spiro atoms. The molecule has 0 saturated carbocycles. The zero-order valence-corrected chi connectivity index (χ0v) is 19.0. The van der Waals surface area contributed by atoms with Gasteiger partial charge in [-0.3, -0.25) is 9.69 Å². The molecule has 2 heterocycles. The van der Waals surface area contributed by atoms with Crippen LogP contribution in [-0.2, 0) is 13.1 Å². The zero-order valence-electron chi connectivity index (χ0n) is 19.0. The summed E-state index contributed by atoms with van der Waals surface area (Å²) in [5.41, 5.74) is 6.33. The van der Waals surface area contributed by atoms with Crippen LogP contribution < -0.4 is 5.32 Å². The van der Waals surface area contributed by atoms with Crippen LogP contribution in [0.1, 0.15) is 51.3 Å². The third kappa shape index (κ3) is 5.23. The summed E-state index contributed by atoms with van der Waals surface area (Å²) >= 11 is 0. The van der Waals surface area contributed by atoms with Crippen molar-refractivity contribution in [3.63, 3.8) is 0 Å². The van der Waals surface area contributed by atoms with E-state index in [9.17, 15) is 9.90 Å². The number of nitrogens with zero attached hydrogens (tertiary/aromatic N) is 4. The highest BCUT2D eigenvalue weighted by Gasteiger charge is 2.18. The lowest BCUT2D eigenvalue weighted by atomic mass is 10.1. The molecule has 4 rings (SSSR count). The number of aliphatic hydroxyl groups excluding tert-OH is 1. The van der Waals surface area contributed by atoms with E-state index in [2.05, 4.69) is 38.6 Å². The first-order valence-corrected chi connectivity index (χ1v) is 11.2. The van der Waals surface area contributed by atoms with Gasteiger partial charge in [0.25, 0.3) is 5.91 Å². The highest BCUT2D eigenvalue weighted by molar-refractivity contribution is 5.93. The van der Waals surface area contributed by atoms with E-state index in [1.54, 1.807) is 6.92 Å². The average Bonchev–Trinajstić information content (AvgIpc) is 3.16. The van der Waals surface area contributed by atoms with E-state index in [1.807, 2.05) is 38.1 Å². The SMILES string of the molecule is Cc1ccc(-n2nc(C)c(C(=O)NCc3ccc(CN4CCC(O)CC4)cc3)n2)c(C)c1. The Morgan fingerprint density at radius 2 is 1.72 bits per heavy atom. The first-order valence-electron chi connectivity index (χ1n) is 11.2. The van der Waals surface area contributed by atoms with Crippen LogP contribution in [0.15, 0.2) is 42.5 Å². The molecule has 32 heavy (non-hydrogen) atoms. The molecular weight excluding hydrogens is 402 g/mol. The number of nitrogens with one attached hydrogen (secondary N) is 1. The highest BCUT2D eigenvalue weighted by Crippen LogP contribution is 2.16. The van der Waals surface area contributed by atoms with Crippen LogP contribution in [0, 0.1) is 20.8 Å². The number of aromatic nitrogens is 3. The Labute approximate surface area is 189 Å². The number of hydrogen-bond donors (Lipinski definition) is 2. The maximum atomic E-state index is 12.7. The van der Waals surface area contributed by atoms with Crippen molar-refractivity contribution in [3.05, 3.63) is 76.1 Å². The maximum absolute atomic E-state index is 12.7. The summed E-state index contributed by atoms with van der Waals surface area (Å²) in [5, 5.41) is 21.5. The number of rotatable bonds is 6. The molecule has 0 atom stereocenters. The maximum Gasteiger partial charge on any atom is 0.274 e. The van der Waals surface area contributed by atoms with Gasteiger partial charge in [-0.2, -0.15) is 9.90 Å². The standard InChI is InChI=1S/C25H31N5O2/c1-17-4-9-23(18(2)14-17)30-27-19(3)24(28-30)25(32)26-15-20-5-7-21(8-6-20)16-29-12-10-22(31)11-13-29/h4-9,14,22,31H,10-13,15-16H2,1-3H3,(H,26,32). The molecule has 0 unspecified atom stereocenters. The van der Waals surface area contributed by atoms with Crippen molar-refractivity contribution in [2.75, 3.05) is 13.1 Å². The smallest absolute Gasteiger partial charge is 0.274 e. The summed E-state index contributed by atoms with van der Waals surface area (Å²) in [6, 6.07) is 14.4. The summed E-state index contributed by atoms with van der Waals surface area (Å²) in [6.45, 7) is 9.05. The van der Waals surface area contributed by atoms with Crippen molar-refractivity contribution in [2.45, 2.75) is 52.8 Å². The van der Waals surface area contributed by atoms with Gasteiger partial charge in [0.1, 0.15) is 0 Å². The molecule has 1 aliphatic rings. The Bertz CT molecular complexity index is 1080. The lowest BCUT2D eigenvalue weighted by molar-refractivity contribution is 0.0792. The van der Waals surface area contributed by atoms with E-state index in [0.717, 1.165) is 49.3 Å². The molecule has 3 aromatic rings.